The van der Waals surface area contributed by atoms with E-state index in [1.165, 1.54) is 0 Å². The van der Waals surface area contributed by atoms with E-state index in [2.05, 4.69) is 0 Å². The Morgan fingerprint density at radius 1 is 1.00 bits per heavy atom. The molecule has 0 saturated heterocycles. The highest BCUT2D eigenvalue weighted by Gasteiger charge is 2.26. The summed E-state index contributed by atoms with van der Waals surface area (Å²) in [6.45, 7) is 0. The maximum absolute atomic E-state index is 9.36. The molecule has 0 heterocycles. The topological polar surface area (TPSA) is 40.5 Å². The van der Waals surface area contributed by atoms with E-state index in [4.69, 9.17) is 0 Å². The van der Waals surface area contributed by atoms with E-state index in [9.17, 15) is 10.2 Å². The molecule has 1 saturated carbocycles. The number of hydrogen-bond acceptors (Lipinski definition) is 2. The first-order valence-corrected chi connectivity index (χ1v) is 4.86. The van der Waals surface area contributed by atoms with Crippen LogP contribution in [-0.2, 0) is 0 Å². The van der Waals surface area contributed by atoms with Crippen molar-refractivity contribution < 1.29 is 10.2 Å². The molecule has 1 aromatic rings. The van der Waals surface area contributed by atoms with Gasteiger partial charge in [-0.3, -0.25) is 0 Å². The molecule has 74 valence electrons. The van der Waals surface area contributed by atoms with Crippen molar-refractivity contribution in [1.29, 1.82) is 0 Å². The molecule has 1 aliphatic carbocycles. The van der Waals surface area contributed by atoms with Crippen molar-refractivity contribution in [3.8, 4) is 0 Å². The fourth-order valence-corrected chi connectivity index (χ4v) is 1.80. The van der Waals surface area contributed by atoms with Gasteiger partial charge in [0.1, 0.15) is 0 Å². The quantitative estimate of drug-likeness (QED) is 0.706. The van der Waals surface area contributed by atoms with Gasteiger partial charge in [0.05, 0.1) is 12.2 Å². The van der Waals surface area contributed by atoms with Crippen LogP contribution in [0.5, 0.6) is 0 Å². The number of benzene rings is 1. The van der Waals surface area contributed by atoms with Crippen LogP contribution in [0.2, 0.25) is 0 Å². The Hall–Kier alpha value is -1.12. The number of rotatable bonds is 1. The van der Waals surface area contributed by atoms with Crippen LogP contribution in [0.25, 0.3) is 6.08 Å². The predicted octanol–water partition coefficient (Wildman–Crippen LogP) is 1.59. The summed E-state index contributed by atoms with van der Waals surface area (Å²) in [5.74, 6) is 0. The van der Waals surface area contributed by atoms with Crippen LogP contribution in [0.4, 0.5) is 0 Å². The zero-order valence-electron chi connectivity index (χ0n) is 7.93. The summed E-state index contributed by atoms with van der Waals surface area (Å²) >= 11 is 0. The van der Waals surface area contributed by atoms with Gasteiger partial charge in [-0.25, -0.2) is 0 Å². The first-order valence-electron chi connectivity index (χ1n) is 4.86. The summed E-state index contributed by atoms with van der Waals surface area (Å²) in [6.07, 6.45) is 2.07. The maximum Gasteiger partial charge on any atom is 0.0839 e. The van der Waals surface area contributed by atoms with Crippen LogP contribution >= 0.6 is 0 Å². The molecule has 2 nitrogen and oxygen atoms in total. The highest BCUT2D eigenvalue weighted by Crippen LogP contribution is 2.26. The molecule has 0 aliphatic heterocycles. The summed E-state index contributed by atoms with van der Waals surface area (Å²) in [5, 5.41) is 18.7. The monoisotopic (exact) mass is 190 g/mol. The molecule has 2 heteroatoms. The van der Waals surface area contributed by atoms with Crippen molar-refractivity contribution in [2.45, 2.75) is 25.0 Å². The van der Waals surface area contributed by atoms with E-state index in [0.29, 0.717) is 12.8 Å². The van der Waals surface area contributed by atoms with Crippen LogP contribution in [0.1, 0.15) is 18.4 Å². The molecule has 2 atom stereocenters. The lowest BCUT2D eigenvalue weighted by Gasteiger charge is -2.02. The number of hydrogen-bond donors (Lipinski definition) is 2. The summed E-state index contributed by atoms with van der Waals surface area (Å²) in [4.78, 5) is 0. The molecule has 1 aliphatic rings. The molecule has 1 aromatic carbocycles. The Bertz CT molecular complexity index is 317. The highest BCUT2D eigenvalue weighted by atomic mass is 16.3. The molecule has 0 bridgehead atoms. The van der Waals surface area contributed by atoms with E-state index >= 15 is 0 Å². The minimum absolute atomic E-state index is 0.579. The second-order valence-corrected chi connectivity index (χ2v) is 3.76. The third kappa shape index (κ3) is 2.03. The van der Waals surface area contributed by atoms with Gasteiger partial charge in [-0.1, -0.05) is 42.0 Å². The smallest absolute Gasteiger partial charge is 0.0839 e. The van der Waals surface area contributed by atoms with Gasteiger partial charge in [0.25, 0.3) is 0 Å². The van der Waals surface area contributed by atoms with Gasteiger partial charge in [-0.15, -0.1) is 0 Å². The van der Waals surface area contributed by atoms with Gasteiger partial charge in [0.2, 0.25) is 0 Å². The molecule has 1 fully saturated rings. The van der Waals surface area contributed by atoms with Crippen molar-refractivity contribution in [3.05, 3.63) is 41.5 Å². The number of aliphatic hydroxyl groups is 2. The first-order chi connectivity index (χ1) is 6.75. The second-order valence-electron chi connectivity index (χ2n) is 3.76. The summed E-state index contributed by atoms with van der Waals surface area (Å²) in [7, 11) is 0. The first kappa shape index (κ1) is 9.44. The third-order valence-electron chi connectivity index (χ3n) is 2.56. The Morgan fingerprint density at radius 2 is 1.57 bits per heavy atom. The Kier molecular flexibility index (Phi) is 2.66. The van der Waals surface area contributed by atoms with Crippen LogP contribution in [-0.4, -0.2) is 22.4 Å². The second kappa shape index (κ2) is 3.95. The van der Waals surface area contributed by atoms with Gasteiger partial charge in [0.15, 0.2) is 0 Å². The summed E-state index contributed by atoms with van der Waals surface area (Å²) in [5.41, 5.74) is 2.25. The summed E-state index contributed by atoms with van der Waals surface area (Å²) < 4.78 is 0. The normalized spacial score (nSPS) is 26.6. The van der Waals surface area contributed by atoms with Crippen molar-refractivity contribution in [1.82, 2.24) is 0 Å². The molecule has 0 unspecified atom stereocenters. The van der Waals surface area contributed by atoms with Gasteiger partial charge < -0.3 is 10.2 Å². The van der Waals surface area contributed by atoms with E-state index in [-0.39, 0.29) is 0 Å². The molecule has 2 rings (SSSR count). The molecule has 0 spiro atoms. The predicted molar refractivity (Wildman–Crippen MR) is 55.7 cm³/mol. The average molecular weight is 190 g/mol. The van der Waals surface area contributed by atoms with Gasteiger partial charge in [0, 0.05) is 0 Å². The third-order valence-corrected chi connectivity index (χ3v) is 2.56. The van der Waals surface area contributed by atoms with Crippen LogP contribution in [0.15, 0.2) is 35.9 Å². The van der Waals surface area contributed by atoms with Crippen molar-refractivity contribution in [2.75, 3.05) is 0 Å². The van der Waals surface area contributed by atoms with Crippen molar-refractivity contribution in [3.63, 3.8) is 0 Å². The average Bonchev–Trinajstić information content (AvgIpc) is 2.47. The van der Waals surface area contributed by atoms with Crippen LogP contribution in [0, 0.1) is 0 Å². The zero-order valence-corrected chi connectivity index (χ0v) is 7.93. The highest BCUT2D eigenvalue weighted by molar-refractivity contribution is 5.53. The molecule has 0 amide bonds. The van der Waals surface area contributed by atoms with Gasteiger partial charge in [-0.2, -0.15) is 0 Å². The molecule has 14 heavy (non-hydrogen) atoms. The lowest BCUT2D eigenvalue weighted by molar-refractivity contribution is 0.0438. The van der Waals surface area contributed by atoms with E-state index < -0.39 is 12.2 Å². The molecule has 0 radical (unpaired) electrons. The van der Waals surface area contributed by atoms with Gasteiger partial charge in [-0.05, 0) is 18.4 Å². The largest absolute Gasteiger partial charge is 0.390 e. The van der Waals surface area contributed by atoms with E-state index in [1.807, 2.05) is 36.4 Å². The molecular formula is C12H14O2. The van der Waals surface area contributed by atoms with Gasteiger partial charge >= 0.3 is 0 Å². The Balaban J connectivity index is 2.14. The molecule has 2 N–H and O–H groups in total. The van der Waals surface area contributed by atoms with E-state index in [1.54, 1.807) is 0 Å². The van der Waals surface area contributed by atoms with E-state index in [0.717, 1.165) is 11.1 Å². The molecule has 0 aromatic heterocycles. The maximum atomic E-state index is 9.36. The fraction of sp³-hybridized carbons (Fsp3) is 0.333. The minimum atomic E-state index is -0.579. The van der Waals surface area contributed by atoms with Crippen LogP contribution in [0.3, 0.4) is 0 Å². The lowest BCUT2D eigenvalue weighted by Crippen LogP contribution is -2.17. The Labute approximate surface area is 83.5 Å². The SMILES string of the molecule is O[C@@H]1CC(=Cc2ccccc2)C[C@H]1O. The van der Waals surface area contributed by atoms with Crippen LogP contribution < -0.4 is 0 Å². The summed E-state index contributed by atoms with van der Waals surface area (Å²) in [6, 6.07) is 9.97. The number of aliphatic hydroxyl groups excluding tert-OH is 2. The van der Waals surface area contributed by atoms with Crippen molar-refractivity contribution in [2.24, 2.45) is 0 Å². The fourth-order valence-electron chi connectivity index (χ4n) is 1.80. The standard InChI is InChI=1S/C12H14O2/c13-11-7-10(8-12(11)14)6-9-4-2-1-3-5-9/h1-6,11-14H,7-8H2/t11-,12-/m1/s1. The zero-order chi connectivity index (χ0) is 9.97. The van der Waals surface area contributed by atoms with Crippen molar-refractivity contribution >= 4 is 6.08 Å². The molecular weight excluding hydrogens is 176 g/mol. The minimum Gasteiger partial charge on any atom is -0.390 e. The Morgan fingerprint density at radius 3 is 2.14 bits per heavy atom. The lowest BCUT2D eigenvalue weighted by atomic mass is 10.1.